The molecule has 8 rings (SSSR count). The molecule has 7 heteroatoms. The predicted molar refractivity (Wildman–Crippen MR) is 95.5 cm³/mol. The van der Waals surface area contributed by atoms with Gasteiger partial charge in [0.05, 0.1) is 16.9 Å². The van der Waals surface area contributed by atoms with Crippen molar-refractivity contribution in [3.63, 3.8) is 0 Å². The van der Waals surface area contributed by atoms with Crippen LogP contribution in [0.3, 0.4) is 0 Å². The minimum atomic E-state index is -0.396. The number of fused-ring (bicyclic) bond motifs is 1. The summed E-state index contributed by atoms with van der Waals surface area (Å²) in [7, 11) is 0. The first-order valence-corrected chi connectivity index (χ1v) is 9.50. The van der Waals surface area contributed by atoms with Crippen LogP contribution >= 0.6 is 0 Å². The summed E-state index contributed by atoms with van der Waals surface area (Å²) in [6.07, 6.45) is 9.21. The molecule has 5 saturated carbocycles. The molecule has 5 atom stereocenters. The summed E-state index contributed by atoms with van der Waals surface area (Å²) >= 11 is 0. The van der Waals surface area contributed by atoms with Gasteiger partial charge >= 0.3 is 0 Å². The summed E-state index contributed by atoms with van der Waals surface area (Å²) in [6, 6.07) is 2.48. The first kappa shape index (κ1) is 13.9. The number of aromatic amines is 1. The molecule has 6 aliphatic rings. The van der Waals surface area contributed by atoms with Gasteiger partial charge in [-0.05, 0) is 54.9 Å². The zero-order valence-corrected chi connectivity index (χ0v) is 14.4. The molecule has 134 valence electrons. The number of aromatic nitrogens is 2. The molecule has 4 N–H and O–H groups in total. The third-order valence-electron chi connectivity index (χ3n) is 7.83. The highest BCUT2D eigenvalue weighted by molar-refractivity contribution is 6.06. The molecule has 3 heterocycles. The molecule has 1 aliphatic heterocycles. The summed E-state index contributed by atoms with van der Waals surface area (Å²) in [5, 5.41) is 20.1. The third-order valence-corrected chi connectivity index (χ3v) is 7.83. The van der Waals surface area contributed by atoms with E-state index in [0.29, 0.717) is 30.0 Å². The Hall–Kier alpha value is -2.28. The van der Waals surface area contributed by atoms with Crippen LogP contribution in [0, 0.1) is 16.7 Å². The Labute approximate surface area is 150 Å². The largest absolute Gasteiger partial charge is 0.453 e. The van der Waals surface area contributed by atoms with E-state index in [2.05, 4.69) is 31.9 Å². The van der Waals surface area contributed by atoms with Crippen molar-refractivity contribution in [2.75, 3.05) is 12.0 Å². The summed E-state index contributed by atoms with van der Waals surface area (Å²) < 4.78 is 5.65. The van der Waals surface area contributed by atoms with Crippen LogP contribution in [-0.2, 0) is 4.74 Å². The Morgan fingerprint density at radius 1 is 1.27 bits per heavy atom. The second-order valence-corrected chi connectivity index (χ2v) is 9.13. The van der Waals surface area contributed by atoms with Gasteiger partial charge in [-0.25, -0.2) is 4.98 Å². The molecule has 5 aliphatic carbocycles. The van der Waals surface area contributed by atoms with Gasteiger partial charge in [0.15, 0.2) is 6.73 Å². The van der Waals surface area contributed by atoms with E-state index < -0.39 is 5.60 Å². The van der Waals surface area contributed by atoms with Crippen LogP contribution in [-0.4, -0.2) is 39.3 Å². The fourth-order valence-corrected chi connectivity index (χ4v) is 7.23. The molecule has 0 saturated heterocycles. The number of ether oxygens (including phenoxy) is 1. The Kier molecular flexibility index (Phi) is 2.14. The van der Waals surface area contributed by atoms with Gasteiger partial charge < -0.3 is 20.1 Å². The van der Waals surface area contributed by atoms with E-state index in [1.54, 1.807) is 0 Å². The monoisotopic (exact) mass is 351 g/mol. The van der Waals surface area contributed by atoms with Gasteiger partial charge in [-0.3, -0.25) is 5.43 Å². The maximum absolute atomic E-state index is 10.9. The normalized spacial score (nSPS) is 44.0. The number of rotatable bonds is 3. The fraction of sp³-hybridized carbons (Fsp3) is 0.579. The molecule has 5 fully saturated rings. The predicted octanol–water partition coefficient (Wildman–Crippen LogP) is 1.91. The first-order valence-electron chi connectivity index (χ1n) is 9.50. The Bertz CT molecular complexity index is 999. The number of hydrogen-bond donors (Lipinski definition) is 4. The molecule has 2 spiro atoms. The van der Waals surface area contributed by atoms with Crippen molar-refractivity contribution < 1.29 is 9.84 Å². The summed E-state index contributed by atoms with van der Waals surface area (Å²) in [5.41, 5.74) is 6.00. The zero-order chi connectivity index (χ0) is 17.1. The van der Waals surface area contributed by atoms with E-state index in [1.165, 1.54) is 12.8 Å². The molecule has 2 aromatic heterocycles. The van der Waals surface area contributed by atoms with E-state index >= 15 is 0 Å². The van der Waals surface area contributed by atoms with Crippen molar-refractivity contribution in [1.29, 1.82) is 0 Å². The maximum atomic E-state index is 10.9. The molecular formula is C19H21N5O2. The van der Waals surface area contributed by atoms with Crippen molar-refractivity contribution >= 4 is 22.6 Å². The van der Waals surface area contributed by atoms with E-state index in [-0.39, 0.29) is 5.41 Å². The summed E-state index contributed by atoms with van der Waals surface area (Å²) in [5.74, 6) is 1.15. The van der Waals surface area contributed by atoms with Crippen molar-refractivity contribution in [2.45, 2.75) is 43.7 Å². The molecule has 2 aromatic rings. The van der Waals surface area contributed by atoms with Crippen molar-refractivity contribution in [1.82, 2.24) is 15.4 Å². The topological polar surface area (TPSA) is 94.6 Å². The van der Waals surface area contributed by atoms with Crippen molar-refractivity contribution in [3.05, 3.63) is 24.0 Å². The highest BCUT2D eigenvalue weighted by atomic mass is 16.5. The smallest absolute Gasteiger partial charge is 0.243 e. The molecule has 0 aromatic carbocycles. The number of pyridine rings is 1. The lowest BCUT2D eigenvalue weighted by Gasteiger charge is -2.44. The molecule has 7 nitrogen and oxygen atoms in total. The Morgan fingerprint density at radius 2 is 2.23 bits per heavy atom. The van der Waals surface area contributed by atoms with Crippen LogP contribution in [0.15, 0.2) is 23.6 Å². The maximum Gasteiger partial charge on any atom is 0.243 e. The number of aliphatic hydroxyl groups is 1. The van der Waals surface area contributed by atoms with Gasteiger partial charge in [0.2, 0.25) is 5.90 Å². The summed E-state index contributed by atoms with van der Waals surface area (Å²) in [6.45, 7) is 0.395. The highest BCUT2D eigenvalue weighted by Gasteiger charge is 2.85. The SMILES string of the molecule is O[C@@]12C[C@@H]3C[C@]4(CC4(C1)[C@@H]3Nc1c(C3=NNCO3)cnc3[nH]ccc13)C2. The number of H-pyrrole nitrogens is 1. The molecule has 0 amide bonds. The van der Waals surface area contributed by atoms with E-state index in [4.69, 9.17) is 4.74 Å². The fourth-order valence-electron chi connectivity index (χ4n) is 7.23. The number of hydrogen-bond acceptors (Lipinski definition) is 6. The molecule has 4 bridgehead atoms. The van der Waals surface area contributed by atoms with Gasteiger partial charge in [0.1, 0.15) is 5.65 Å². The minimum Gasteiger partial charge on any atom is -0.453 e. The van der Waals surface area contributed by atoms with Crippen LogP contribution < -0.4 is 10.7 Å². The number of hydrazone groups is 1. The van der Waals surface area contributed by atoms with Crippen LogP contribution in [0.1, 0.15) is 37.7 Å². The average Bonchev–Trinajstić information content (AvgIpc) is 3.12. The van der Waals surface area contributed by atoms with Gasteiger partial charge in [0, 0.05) is 23.8 Å². The zero-order valence-electron chi connectivity index (χ0n) is 14.4. The Morgan fingerprint density at radius 3 is 3.08 bits per heavy atom. The summed E-state index contributed by atoms with van der Waals surface area (Å²) in [4.78, 5) is 7.74. The van der Waals surface area contributed by atoms with Gasteiger partial charge in [-0.2, -0.15) is 0 Å². The average molecular weight is 351 g/mol. The molecule has 1 unspecified atom stereocenters. The van der Waals surface area contributed by atoms with Gasteiger partial charge in [0.25, 0.3) is 0 Å². The number of nitrogens with one attached hydrogen (secondary N) is 3. The lowest BCUT2D eigenvalue weighted by atomic mass is 9.68. The quantitative estimate of drug-likeness (QED) is 0.678. The van der Waals surface area contributed by atoms with Gasteiger partial charge in [-0.1, -0.05) is 0 Å². The van der Waals surface area contributed by atoms with Gasteiger partial charge in [-0.15, -0.1) is 5.10 Å². The minimum absolute atomic E-state index is 0.282. The molecule has 0 radical (unpaired) electrons. The lowest BCUT2D eigenvalue weighted by Crippen LogP contribution is -2.47. The molecular weight excluding hydrogens is 330 g/mol. The van der Waals surface area contributed by atoms with Crippen LogP contribution in [0.5, 0.6) is 0 Å². The van der Waals surface area contributed by atoms with Crippen LogP contribution in [0.4, 0.5) is 5.69 Å². The third kappa shape index (κ3) is 1.43. The van der Waals surface area contributed by atoms with Crippen LogP contribution in [0.25, 0.3) is 11.0 Å². The van der Waals surface area contributed by atoms with E-state index in [0.717, 1.165) is 41.5 Å². The second-order valence-electron chi connectivity index (χ2n) is 9.13. The number of nitrogens with zero attached hydrogens (tertiary/aromatic N) is 2. The van der Waals surface area contributed by atoms with Crippen molar-refractivity contribution in [3.8, 4) is 0 Å². The molecule has 26 heavy (non-hydrogen) atoms. The lowest BCUT2D eigenvalue weighted by molar-refractivity contribution is -0.0428. The highest BCUT2D eigenvalue weighted by Crippen LogP contribution is 2.88. The standard InChI is InChI=1S/C19H21N5O2/c25-18-4-10-3-17(6-18)7-19(17,8-18)14(10)23-13-11-1-2-20-15(11)21-5-12(13)16-24-22-9-26-16/h1-2,5,10,14,22,25H,3-4,6-9H2,(H2,20,21,23)/t10-,14+,17+,18+,19?/m0/s1. The van der Waals surface area contributed by atoms with E-state index in [9.17, 15) is 5.11 Å². The second kappa shape index (κ2) is 4.01. The van der Waals surface area contributed by atoms with Crippen LogP contribution in [0.2, 0.25) is 0 Å². The number of anilines is 1. The van der Waals surface area contributed by atoms with E-state index in [1.807, 2.05) is 12.4 Å². The first-order chi connectivity index (χ1) is 12.6. The van der Waals surface area contributed by atoms with Crippen molar-refractivity contribution in [2.24, 2.45) is 21.8 Å². The Balaban J connectivity index is 1.35.